The van der Waals surface area contributed by atoms with E-state index in [1.54, 1.807) is 19.1 Å². The summed E-state index contributed by atoms with van der Waals surface area (Å²) >= 11 is 0. The number of benzene rings is 2. The van der Waals surface area contributed by atoms with Gasteiger partial charge in [0.1, 0.15) is 28.7 Å². The predicted octanol–water partition coefficient (Wildman–Crippen LogP) is 3.50. The molecule has 10 nitrogen and oxygen atoms in total. The maximum Gasteiger partial charge on any atom is 0.259 e. The van der Waals surface area contributed by atoms with Gasteiger partial charge in [-0.3, -0.25) is 9.59 Å². The van der Waals surface area contributed by atoms with Crippen molar-refractivity contribution in [1.82, 2.24) is 4.98 Å². The van der Waals surface area contributed by atoms with Crippen molar-refractivity contribution < 1.29 is 33.9 Å². The summed E-state index contributed by atoms with van der Waals surface area (Å²) in [5.74, 6) is -0.323. The molecule has 0 bridgehead atoms. The monoisotopic (exact) mass is 505 g/mol. The number of methoxy groups -OCH3 is 1. The van der Waals surface area contributed by atoms with E-state index < -0.39 is 35.0 Å². The lowest BCUT2D eigenvalue weighted by molar-refractivity contribution is -0.0592. The quantitative estimate of drug-likeness (QED) is 0.305. The van der Waals surface area contributed by atoms with Crippen molar-refractivity contribution >= 4 is 21.7 Å². The lowest BCUT2D eigenvalue weighted by Gasteiger charge is -2.35. The third kappa shape index (κ3) is 2.85. The van der Waals surface area contributed by atoms with Gasteiger partial charge in [0, 0.05) is 35.9 Å². The van der Waals surface area contributed by atoms with Gasteiger partial charge in [-0.2, -0.15) is 0 Å². The molecule has 3 heterocycles. The number of H-pyrrole nitrogens is 1. The highest BCUT2D eigenvalue weighted by molar-refractivity contribution is 6.05. The molecular formula is C27H23NO9. The summed E-state index contributed by atoms with van der Waals surface area (Å²) < 4.78 is 23.4. The average molecular weight is 505 g/mol. The molecule has 37 heavy (non-hydrogen) atoms. The van der Waals surface area contributed by atoms with Crippen LogP contribution in [0.2, 0.25) is 0 Å². The van der Waals surface area contributed by atoms with Crippen molar-refractivity contribution in [3.63, 3.8) is 0 Å². The number of aliphatic hydroxyl groups is 1. The number of rotatable bonds is 1. The van der Waals surface area contributed by atoms with E-state index in [0.29, 0.717) is 41.5 Å². The summed E-state index contributed by atoms with van der Waals surface area (Å²) in [5.41, 5.74) is 1.08. The van der Waals surface area contributed by atoms with Crippen molar-refractivity contribution in [3.05, 3.63) is 60.9 Å². The normalized spacial score (nSPS) is 21.9. The number of aromatic hydroxyl groups is 2. The van der Waals surface area contributed by atoms with Crippen LogP contribution in [-0.2, 0) is 15.9 Å². The van der Waals surface area contributed by atoms with E-state index in [4.69, 9.17) is 18.6 Å². The zero-order valence-electron chi connectivity index (χ0n) is 20.0. The molecular weight excluding hydrogens is 482 g/mol. The molecule has 190 valence electrons. The first-order valence-corrected chi connectivity index (χ1v) is 12.0. The van der Waals surface area contributed by atoms with Crippen LogP contribution < -0.4 is 15.7 Å². The number of aliphatic hydroxyl groups excluding tert-OH is 1. The van der Waals surface area contributed by atoms with Crippen LogP contribution in [0.25, 0.3) is 32.9 Å². The van der Waals surface area contributed by atoms with E-state index in [1.165, 1.54) is 7.11 Å². The van der Waals surface area contributed by atoms with Crippen molar-refractivity contribution in [2.45, 2.75) is 44.5 Å². The van der Waals surface area contributed by atoms with Gasteiger partial charge in [0.25, 0.3) is 5.56 Å². The molecule has 2 aromatic heterocycles. The fourth-order valence-corrected chi connectivity index (χ4v) is 6.17. The van der Waals surface area contributed by atoms with Gasteiger partial charge in [-0.25, -0.2) is 0 Å². The standard InChI is InChI=1S/C27H23NO9/c1-9-5-10-6-11-7-14-18-19(15(11)21(30)16(10)27(33)28-9)23(32)20-22(31)17-12(29)3-4-13(34-2)24(17)37-26(20)25(18)36-8-35-14/h5-6,12-14,29-30,32H,3-4,7-8H2,1-2H3,(H,28,33)/t12-,13+,14+/m0/s1. The van der Waals surface area contributed by atoms with Gasteiger partial charge < -0.3 is 38.9 Å². The summed E-state index contributed by atoms with van der Waals surface area (Å²) in [6.07, 6.45) is -1.08. The van der Waals surface area contributed by atoms with Gasteiger partial charge in [0.05, 0.1) is 23.2 Å². The maximum atomic E-state index is 13.8. The minimum absolute atomic E-state index is 0.0293. The topological polar surface area (TPSA) is 151 Å². The summed E-state index contributed by atoms with van der Waals surface area (Å²) in [6, 6.07) is 3.55. The van der Waals surface area contributed by atoms with Gasteiger partial charge in [0.2, 0.25) is 5.43 Å². The zero-order valence-corrected chi connectivity index (χ0v) is 20.0. The first kappa shape index (κ1) is 22.3. The molecule has 0 fully saturated rings. The molecule has 0 unspecified atom stereocenters. The van der Waals surface area contributed by atoms with E-state index in [9.17, 15) is 24.9 Å². The van der Waals surface area contributed by atoms with E-state index in [2.05, 4.69) is 4.98 Å². The molecule has 0 saturated carbocycles. The van der Waals surface area contributed by atoms with Crippen molar-refractivity contribution in [2.75, 3.05) is 13.9 Å². The number of ether oxygens (including phenoxy) is 3. The molecule has 2 aliphatic carbocycles. The Morgan fingerprint density at radius 3 is 2.62 bits per heavy atom. The molecule has 0 saturated heterocycles. The molecule has 2 aromatic carbocycles. The van der Waals surface area contributed by atoms with Crippen LogP contribution in [-0.4, -0.2) is 34.2 Å². The smallest absolute Gasteiger partial charge is 0.259 e. The number of aromatic nitrogens is 1. The summed E-state index contributed by atoms with van der Waals surface area (Å²) in [5, 5.41) is 34.1. The molecule has 4 aromatic rings. The number of aryl methyl sites for hydroxylation is 1. The lowest BCUT2D eigenvalue weighted by Crippen LogP contribution is -2.27. The number of phenols is 2. The van der Waals surface area contributed by atoms with Crippen molar-refractivity contribution in [3.8, 4) is 28.4 Å². The lowest BCUT2D eigenvalue weighted by atomic mass is 9.79. The van der Waals surface area contributed by atoms with Gasteiger partial charge >= 0.3 is 0 Å². The Morgan fingerprint density at radius 1 is 1.05 bits per heavy atom. The summed E-state index contributed by atoms with van der Waals surface area (Å²) in [7, 11) is 1.50. The van der Waals surface area contributed by atoms with E-state index in [-0.39, 0.29) is 57.1 Å². The number of aromatic amines is 1. The van der Waals surface area contributed by atoms with Crippen LogP contribution in [0, 0.1) is 6.92 Å². The second kappa shape index (κ2) is 7.58. The third-order valence-electron chi connectivity index (χ3n) is 7.76. The average Bonchev–Trinajstić information content (AvgIpc) is 2.85. The molecule has 7 rings (SSSR count). The zero-order chi connectivity index (χ0) is 25.7. The van der Waals surface area contributed by atoms with Crippen LogP contribution in [0.1, 0.15) is 59.3 Å². The van der Waals surface area contributed by atoms with E-state index >= 15 is 0 Å². The van der Waals surface area contributed by atoms with Crippen LogP contribution in [0.3, 0.4) is 0 Å². The Labute approximate surface area is 208 Å². The fraction of sp³-hybridized carbons (Fsp3) is 0.333. The first-order chi connectivity index (χ1) is 17.8. The molecule has 0 spiro atoms. The minimum Gasteiger partial charge on any atom is -0.506 e. The van der Waals surface area contributed by atoms with E-state index in [0.717, 1.165) is 0 Å². The van der Waals surface area contributed by atoms with Gasteiger partial charge in [-0.1, -0.05) is 0 Å². The van der Waals surface area contributed by atoms with Crippen LogP contribution in [0.15, 0.2) is 26.1 Å². The Kier molecular flexibility index (Phi) is 4.58. The summed E-state index contributed by atoms with van der Waals surface area (Å²) in [6.45, 7) is 1.64. The predicted molar refractivity (Wildman–Crippen MR) is 131 cm³/mol. The summed E-state index contributed by atoms with van der Waals surface area (Å²) in [4.78, 5) is 29.3. The Morgan fingerprint density at radius 2 is 1.84 bits per heavy atom. The number of nitrogens with one attached hydrogen (secondary N) is 1. The molecule has 3 aliphatic rings. The molecule has 10 heteroatoms. The van der Waals surface area contributed by atoms with Crippen LogP contribution in [0.4, 0.5) is 0 Å². The Hall–Kier alpha value is -3.86. The largest absolute Gasteiger partial charge is 0.506 e. The number of phenolic OH excluding ortho intramolecular Hbond substituents is 2. The second-order valence-corrected chi connectivity index (χ2v) is 9.82. The fourth-order valence-electron chi connectivity index (χ4n) is 6.17. The highest BCUT2D eigenvalue weighted by Crippen LogP contribution is 2.57. The van der Waals surface area contributed by atoms with Gasteiger partial charge in [-0.05, 0) is 42.8 Å². The van der Waals surface area contributed by atoms with E-state index in [1.807, 2.05) is 0 Å². The Bertz CT molecular complexity index is 1780. The molecule has 3 atom stereocenters. The molecule has 0 radical (unpaired) electrons. The third-order valence-corrected chi connectivity index (χ3v) is 7.76. The highest BCUT2D eigenvalue weighted by Gasteiger charge is 2.41. The SMILES string of the molecule is CO[C@@H]1CC[C@H](O)c2c1oc1c3c4c(c(O)c1c2=O)-c1c(cc2cc(C)[nH]c(=O)c2c1O)C[C@H]4OCO3. The molecule has 4 N–H and O–H groups in total. The van der Waals surface area contributed by atoms with Crippen LogP contribution >= 0.6 is 0 Å². The van der Waals surface area contributed by atoms with Crippen molar-refractivity contribution in [2.24, 2.45) is 0 Å². The van der Waals surface area contributed by atoms with Gasteiger partial charge in [-0.15, -0.1) is 0 Å². The number of hydrogen-bond acceptors (Lipinski definition) is 9. The minimum atomic E-state index is -1.09. The number of fused-ring (bicyclic) bond motifs is 6. The maximum absolute atomic E-state index is 13.8. The second-order valence-electron chi connectivity index (χ2n) is 9.82. The molecule has 0 amide bonds. The van der Waals surface area contributed by atoms with Crippen LogP contribution in [0.5, 0.6) is 17.2 Å². The Balaban J connectivity index is 1.65. The van der Waals surface area contributed by atoms with Crippen molar-refractivity contribution in [1.29, 1.82) is 0 Å². The molecule has 1 aliphatic heterocycles. The first-order valence-electron chi connectivity index (χ1n) is 12.0. The highest BCUT2D eigenvalue weighted by atomic mass is 16.7. The number of hydrogen-bond donors (Lipinski definition) is 4. The van der Waals surface area contributed by atoms with Gasteiger partial charge in [0.15, 0.2) is 18.1 Å². The number of pyridine rings is 1.